The van der Waals surface area contributed by atoms with Gasteiger partial charge in [0.2, 0.25) is 0 Å². The van der Waals surface area contributed by atoms with Crippen LogP contribution >= 0.6 is 0 Å². The largest absolute Gasteiger partial charge is 0.496 e. The number of hydrogen-bond donors (Lipinski definition) is 1. The quantitative estimate of drug-likeness (QED) is 0.589. The second-order valence-electron chi connectivity index (χ2n) is 8.11. The van der Waals surface area contributed by atoms with Gasteiger partial charge in [-0.2, -0.15) is 0 Å². The van der Waals surface area contributed by atoms with Crippen molar-refractivity contribution in [2.24, 2.45) is 0 Å². The Hall–Kier alpha value is -2.83. The Morgan fingerprint density at radius 2 is 1.81 bits per heavy atom. The molecule has 0 spiro atoms. The van der Waals surface area contributed by atoms with Crippen molar-refractivity contribution in [3.63, 3.8) is 0 Å². The van der Waals surface area contributed by atoms with E-state index >= 15 is 0 Å². The molecule has 2 heterocycles. The third-order valence-electron chi connectivity index (χ3n) is 6.16. The van der Waals surface area contributed by atoms with Crippen LogP contribution in [0.5, 0.6) is 5.75 Å². The molecule has 1 aliphatic heterocycles. The molecule has 0 bridgehead atoms. The number of ether oxygens (including phenoxy) is 2. The van der Waals surface area contributed by atoms with E-state index in [4.69, 9.17) is 9.47 Å². The number of rotatable bonds is 7. The van der Waals surface area contributed by atoms with Gasteiger partial charge in [0.05, 0.1) is 19.3 Å². The number of hydrogen-bond acceptors (Lipinski definition) is 5. The van der Waals surface area contributed by atoms with Gasteiger partial charge in [0.15, 0.2) is 0 Å². The highest BCUT2D eigenvalue weighted by Gasteiger charge is 2.36. The van der Waals surface area contributed by atoms with Gasteiger partial charge in [-0.25, -0.2) is 0 Å². The first kappa shape index (κ1) is 21.4. The summed E-state index contributed by atoms with van der Waals surface area (Å²) in [7, 11) is 1.64. The van der Waals surface area contributed by atoms with Crippen LogP contribution in [0.25, 0.3) is 10.9 Å². The number of benzene rings is 2. The maximum absolute atomic E-state index is 12.0. The Labute approximate surface area is 183 Å². The van der Waals surface area contributed by atoms with E-state index in [0.29, 0.717) is 19.4 Å². The molecule has 0 aliphatic carbocycles. The lowest BCUT2D eigenvalue weighted by atomic mass is 9.84. The first-order chi connectivity index (χ1) is 15.0. The smallest absolute Gasteiger partial charge is 0.325 e. The summed E-state index contributed by atoms with van der Waals surface area (Å²) in [6.07, 6.45) is 3.35. The Kier molecular flexibility index (Phi) is 6.30. The van der Waals surface area contributed by atoms with Gasteiger partial charge in [0, 0.05) is 42.3 Å². The molecule has 0 saturated carbocycles. The predicted octanol–water partition coefficient (Wildman–Crippen LogP) is 3.70. The number of aromatic nitrogens is 1. The van der Waals surface area contributed by atoms with Gasteiger partial charge in [0.25, 0.3) is 0 Å². The number of carbonyl (C=O) groups is 1. The van der Waals surface area contributed by atoms with Crippen LogP contribution in [0.15, 0.2) is 54.7 Å². The number of para-hydroxylation sites is 2. The summed E-state index contributed by atoms with van der Waals surface area (Å²) in [4.78, 5) is 14.4. The molecular formula is C25H30N2O4. The van der Waals surface area contributed by atoms with Gasteiger partial charge >= 0.3 is 5.97 Å². The topological polar surface area (TPSA) is 63.9 Å². The molecule has 1 aromatic heterocycles. The second kappa shape index (κ2) is 9.12. The zero-order valence-electron chi connectivity index (χ0n) is 18.2. The van der Waals surface area contributed by atoms with Gasteiger partial charge < -0.3 is 19.1 Å². The van der Waals surface area contributed by atoms with Crippen molar-refractivity contribution in [2.45, 2.75) is 38.5 Å². The summed E-state index contributed by atoms with van der Waals surface area (Å²) in [5.41, 5.74) is 2.21. The molecule has 4 rings (SSSR count). The zero-order chi connectivity index (χ0) is 21.8. The average Bonchev–Trinajstić information content (AvgIpc) is 3.12. The second-order valence-corrected chi connectivity index (χ2v) is 8.11. The van der Waals surface area contributed by atoms with Crippen LogP contribution in [-0.4, -0.2) is 47.3 Å². The highest BCUT2D eigenvalue weighted by atomic mass is 16.5. The molecule has 0 radical (unpaired) electrons. The first-order valence-corrected chi connectivity index (χ1v) is 10.8. The summed E-state index contributed by atoms with van der Waals surface area (Å²) >= 11 is 0. The number of esters is 1. The minimum atomic E-state index is -0.874. The third kappa shape index (κ3) is 4.45. The van der Waals surface area contributed by atoms with Crippen LogP contribution in [0, 0.1) is 0 Å². The molecule has 6 heteroatoms. The number of methoxy groups -OCH3 is 1. The first-order valence-electron chi connectivity index (χ1n) is 10.8. The van der Waals surface area contributed by atoms with Crippen molar-refractivity contribution in [2.75, 3.05) is 26.8 Å². The predicted molar refractivity (Wildman–Crippen MR) is 120 cm³/mol. The fourth-order valence-electron chi connectivity index (χ4n) is 4.55. The Morgan fingerprint density at radius 3 is 2.55 bits per heavy atom. The van der Waals surface area contributed by atoms with E-state index in [9.17, 15) is 9.90 Å². The Morgan fingerprint density at radius 1 is 1.10 bits per heavy atom. The summed E-state index contributed by atoms with van der Waals surface area (Å²) in [6, 6.07) is 15.9. The highest BCUT2D eigenvalue weighted by Crippen LogP contribution is 2.38. The molecule has 0 unspecified atom stereocenters. The van der Waals surface area contributed by atoms with Gasteiger partial charge in [-0.1, -0.05) is 36.4 Å². The number of likely N-dealkylation sites (tertiary alicyclic amines) is 1. The van der Waals surface area contributed by atoms with Crippen LogP contribution in [-0.2, 0) is 28.2 Å². The molecule has 3 aromatic rings. The summed E-state index contributed by atoms with van der Waals surface area (Å²) in [6.45, 7) is 4.76. The zero-order valence-corrected chi connectivity index (χ0v) is 18.2. The Balaban J connectivity index is 1.49. The molecule has 164 valence electrons. The fraction of sp³-hybridized carbons (Fsp3) is 0.400. The average molecular weight is 423 g/mol. The van der Waals surface area contributed by atoms with Crippen molar-refractivity contribution >= 4 is 16.9 Å². The lowest BCUT2D eigenvalue weighted by Gasteiger charge is -2.39. The van der Waals surface area contributed by atoms with Crippen molar-refractivity contribution in [1.82, 2.24) is 9.47 Å². The summed E-state index contributed by atoms with van der Waals surface area (Å²) < 4.78 is 12.6. The van der Waals surface area contributed by atoms with Gasteiger partial charge in [-0.3, -0.25) is 9.69 Å². The van der Waals surface area contributed by atoms with Crippen LogP contribution < -0.4 is 4.74 Å². The SMILES string of the molecule is CCOC(=O)Cn1cc(CN2CCC(O)(c3ccccc3OC)CC2)c2ccccc21. The van der Waals surface area contributed by atoms with E-state index in [1.807, 2.05) is 54.0 Å². The van der Waals surface area contributed by atoms with E-state index in [2.05, 4.69) is 17.2 Å². The van der Waals surface area contributed by atoms with Gasteiger partial charge in [-0.05, 0) is 37.5 Å². The lowest BCUT2D eigenvalue weighted by Crippen LogP contribution is -2.42. The van der Waals surface area contributed by atoms with Crippen LogP contribution in [0.2, 0.25) is 0 Å². The minimum absolute atomic E-state index is 0.210. The van der Waals surface area contributed by atoms with Crippen molar-refractivity contribution in [3.05, 3.63) is 65.9 Å². The molecular weight excluding hydrogens is 392 g/mol. The van der Waals surface area contributed by atoms with Crippen LogP contribution in [0.1, 0.15) is 30.9 Å². The molecule has 1 N–H and O–H groups in total. The molecule has 1 aliphatic rings. The maximum Gasteiger partial charge on any atom is 0.325 e. The lowest BCUT2D eigenvalue weighted by molar-refractivity contribution is -0.143. The van der Waals surface area contributed by atoms with Crippen molar-refractivity contribution < 1.29 is 19.4 Å². The fourth-order valence-corrected chi connectivity index (χ4v) is 4.55. The van der Waals surface area contributed by atoms with Gasteiger partial charge in [-0.15, -0.1) is 0 Å². The van der Waals surface area contributed by atoms with E-state index < -0.39 is 5.60 Å². The summed E-state index contributed by atoms with van der Waals surface area (Å²) in [5.74, 6) is 0.509. The van der Waals surface area contributed by atoms with Crippen molar-refractivity contribution in [3.8, 4) is 5.75 Å². The van der Waals surface area contributed by atoms with Crippen LogP contribution in [0.3, 0.4) is 0 Å². The van der Waals surface area contributed by atoms with Gasteiger partial charge in [0.1, 0.15) is 12.3 Å². The molecule has 2 aromatic carbocycles. The third-order valence-corrected chi connectivity index (χ3v) is 6.16. The molecule has 1 fully saturated rings. The van der Waals surface area contributed by atoms with E-state index in [1.54, 1.807) is 7.11 Å². The normalized spacial score (nSPS) is 16.4. The van der Waals surface area contributed by atoms with E-state index in [0.717, 1.165) is 41.9 Å². The van der Waals surface area contributed by atoms with E-state index in [1.165, 1.54) is 5.56 Å². The van der Waals surface area contributed by atoms with E-state index in [-0.39, 0.29) is 12.5 Å². The monoisotopic (exact) mass is 422 g/mol. The number of aliphatic hydroxyl groups is 1. The maximum atomic E-state index is 12.0. The molecule has 0 amide bonds. The molecule has 0 atom stereocenters. The summed E-state index contributed by atoms with van der Waals surface area (Å²) in [5, 5.41) is 12.5. The number of fused-ring (bicyclic) bond motifs is 1. The standard InChI is InChI=1S/C25H30N2O4/c1-3-31-24(28)18-27-17-19(20-8-4-6-10-22(20)27)16-26-14-12-25(29,13-15-26)21-9-5-7-11-23(21)30-2/h4-11,17,29H,3,12-16,18H2,1-2H3. The number of nitrogens with zero attached hydrogens (tertiary/aromatic N) is 2. The number of carbonyl (C=O) groups excluding carboxylic acids is 1. The number of piperidine rings is 1. The van der Waals surface area contributed by atoms with Crippen molar-refractivity contribution in [1.29, 1.82) is 0 Å². The molecule has 1 saturated heterocycles. The molecule has 6 nitrogen and oxygen atoms in total. The Bertz CT molecular complexity index is 1050. The minimum Gasteiger partial charge on any atom is -0.496 e. The van der Waals surface area contributed by atoms with Crippen LogP contribution in [0.4, 0.5) is 0 Å². The molecule has 31 heavy (non-hydrogen) atoms. The highest BCUT2D eigenvalue weighted by molar-refractivity contribution is 5.85.